The lowest BCUT2D eigenvalue weighted by atomic mass is 10.1. The predicted molar refractivity (Wildman–Crippen MR) is 109 cm³/mol. The van der Waals surface area contributed by atoms with Gasteiger partial charge in [0, 0.05) is 5.56 Å². The van der Waals surface area contributed by atoms with Crippen LogP contribution >= 0.6 is 11.6 Å². The first-order valence-corrected chi connectivity index (χ1v) is 8.67. The molecule has 0 saturated carbocycles. The molecule has 3 aromatic rings. The van der Waals surface area contributed by atoms with Crippen molar-refractivity contribution in [3.05, 3.63) is 70.9 Å². The fourth-order valence-electron chi connectivity index (χ4n) is 2.40. The van der Waals surface area contributed by atoms with Crippen LogP contribution in [0.3, 0.4) is 0 Å². The summed E-state index contributed by atoms with van der Waals surface area (Å²) in [7, 11) is 1.61. The molecule has 0 unspecified atom stereocenters. The van der Waals surface area contributed by atoms with E-state index in [0.29, 0.717) is 17.1 Å². The number of carbonyl (C=O) groups is 1. The molecular formula is C22H16ClNO4. The van der Waals surface area contributed by atoms with Crippen LogP contribution in [-0.4, -0.2) is 25.9 Å². The lowest BCUT2D eigenvalue weighted by Gasteiger charge is -2.05. The Balaban J connectivity index is 1.78. The van der Waals surface area contributed by atoms with Crippen LogP contribution in [0.15, 0.2) is 64.0 Å². The van der Waals surface area contributed by atoms with Crippen LogP contribution in [-0.2, 0) is 4.74 Å². The smallest absolute Gasteiger partial charge is 0.340 e. The van der Waals surface area contributed by atoms with Gasteiger partial charge in [0.05, 0.1) is 29.6 Å². The number of halogens is 1. The van der Waals surface area contributed by atoms with E-state index in [1.165, 1.54) is 0 Å². The fourth-order valence-corrected chi connectivity index (χ4v) is 2.60. The van der Waals surface area contributed by atoms with Crippen LogP contribution in [0.1, 0.15) is 16.1 Å². The molecule has 0 spiro atoms. The maximum atomic E-state index is 12.1. The van der Waals surface area contributed by atoms with Gasteiger partial charge in [-0.05, 0) is 54.6 Å². The molecule has 0 aliphatic rings. The van der Waals surface area contributed by atoms with Gasteiger partial charge in [-0.3, -0.25) is 4.99 Å². The summed E-state index contributed by atoms with van der Waals surface area (Å²) in [4.78, 5) is 16.4. The Kier molecular flexibility index (Phi) is 6.15. The molecule has 0 amide bonds. The van der Waals surface area contributed by atoms with E-state index < -0.39 is 5.97 Å². The average molecular weight is 394 g/mol. The highest BCUT2D eigenvalue weighted by Gasteiger charge is 2.14. The number of aliphatic imine (C=N–C) groups is 1. The number of methoxy groups -OCH3 is 1. The third-order valence-corrected chi connectivity index (χ3v) is 4.13. The Morgan fingerprint density at radius 1 is 1.21 bits per heavy atom. The number of nitrogens with zero attached hydrogens (tertiary/aromatic N) is 1. The summed E-state index contributed by atoms with van der Waals surface area (Å²) in [6, 6.07) is 15.9. The van der Waals surface area contributed by atoms with Crippen molar-refractivity contribution < 1.29 is 18.7 Å². The van der Waals surface area contributed by atoms with Crippen LogP contribution in [0.25, 0.3) is 11.3 Å². The first-order chi connectivity index (χ1) is 13.6. The van der Waals surface area contributed by atoms with Crippen molar-refractivity contribution in [3.63, 3.8) is 0 Å². The summed E-state index contributed by atoms with van der Waals surface area (Å²) in [6.45, 7) is -0.119. The maximum Gasteiger partial charge on any atom is 0.340 e. The van der Waals surface area contributed by atoms with Gasteiger partial charge < -0.3 is 13.9 Å². The Bertz CT molecular complexity index is 1050. The molecular weight excluding hydrogens is 378 g/mol. The van der Waals surface area contributed by atoms with E-state index >= 15 is 0 Å². The van der Waals surface area contributed by atoms with E-state index in [4.69, 9.17) is 31.9 Å². The van der Waals surface area contributed by atoms with Crippen LogP contribution in [0.4, 0.5) is 5.69 Å². The van der Waals surface area contributed by atoms with Crippen molar-refractivity contribution in [1.29, 1.82) is 0 Å². The summed E-state index contributed by atoms with van der Waals surface area (Å²) in [5.74, 6) is 3.56. The molecule has 0 radical (unpaired) electrons. The molecule has 28 heavy (non-hydrogen) atoms. The van der Waals surface area contributed by atoms with Gasteiger partial charge in [-0.15, -0.1) is 6.42 Å². The largest absolute Gasteiger partial charge is 0.497 e. The second kappa shape index (κ2) is 8.94. The molecule has 0 atom stereocenters. The molecule has 0 saturated heterocycles. The van der Waals surface area contributed by atoms with E-state index in [9.17, 15) is 4.79 Å². The predicted octanol–water partition coefficient (Wildman–Crippen LogP) is 5.15. The molecule has 6 heteroatoms. The third kappa shape index (κ3) is 4.61. The number of terminal acetylenes is 1. The highest BCUT2D eigenvalue weighted by molar-refractivity contribution is 6.33. The van der Waals surface area contributed by atoms with Gasteiger partial charge in [0.25, 0.3) is 0 Å². The average Bonchev–Trinajstić information content (AvgIpc) is 3.20. The molecule has 1 aromatic heterocycles. The monoisotopic (exact) mass is 393 g/mol. The van der Waals surface area contributed by atoms with Crippen LogP contribution in [0.5, 0.6) is 5.75 Å². The molecule has 0 N–H and O–H groups in total. The van der Waals surface area contributed by atoms with Crippen LogP contribution < -0.4 is 4.74 Å². The highest BCUT2D eigenvalue weighted by Crippen LogP contribution is 2.27. The van der Waals surface area contributed by atoms with Crippen molar-refractivity contribution in [2.45, 2.75) is 0 Å². The molecule has 3 rings (SSSR count). The number of hydrogen-bond acceptors (Lipinski definition) is 5. The van der Waals surface area contributed by atoms with Crippen molar-refractivity contribution in [2.24, 2.45) is 4.99 Å². The SMILES string of the molecule is C#CCOC(=O)c1cc(-c2ccc(C=Nc3ccc(OC)cc3)o2)ccc1Cl. The Labute approximate surface area is 167 Å². The number of hydrogen-bond donors (Lipinski definition) is 0. The molecule has 0 aliphatic carbocycles. The summed E-state index contributed by atoms with van der Waals surface area (Å²) < 4.78 is 15.8. The standard InChI is InChI=1S/C22H16ClNO4/c1-3-12-27-22(25)19-13-15(4-10-20(19)23)21-11-9-18(28-21)14-24-16-5-7-17(26-2)8-6-16/h1,4-11,13-14H,12H2,2H3. The number of esters is 1. The molecule has 140 valence electrons. The zero-order valence-corrected chi connectivity index (χ0v) is 15.8. The summed E-state index contributed by atoms with van der Waals surface area (Å²) in [5.41, 5.74) is 1.67. The van der Waals surface area contributed by atoms with Gasteiger partial charge in [-0.1, -0.05) is 17.5 Å². The molecule has 0 fully saturated rings. The first-order valence-electron chi connectivity index (χ1n) is 8.29. The molecule has 1 heterocycles. The topological polar surface area (TPSA) is 61.0 Å². The van der Waals surface area contributed by atoms with Crippen molar-refractivity contribution >= 4 is 29.5 Å². The first kappa shape index (κ1) is 19.3. The summed E-state index contributed by atoms with van der Waals surface area (Å²) >= 11 is 6.09. The zero-order chi connectivity index (χ0) is 19.9. The zero-order valence-electron chi connectivity index (χ0n) is 15.0. The van der Waals surface area contributed by atoms with Gasteiger partial charge in [-0.2, -0.15) is 0 Å². The van der Waals surface area contributed by atoms with E-state index in [0.717, 1.165) is 11.4 Å². The summed E-state index contributed by atoms with van der Waals surface area (Å²) in [5, 5.41) is 0.276. The van der Waals surface area contributed by atoms with Gasteiger partial charge >= 0.3 is 5.97 Å². The van der Waals surface area contributed by atoms with Crippen LogP contribution in [0.2, 0.25) is 5.02 Å². The second-order valence-corrected chi connectivity index (χ2v) is 6.04. The van der Waals surface area contributed by atoms with E-state index in [1.807, 2.05) is 24.3 Å². The number of ether oxygens (including phenoxy) is 2. The Morgan fingerprint density at radius 2 is 2.00 bits per heavy atom. The normalized spacial score (nSPS) is 10.6. The summed E-state index contributed by atoms with van der Waals surface area (Å²) in [6.07, 6.45) is 6.72. The molecule has 0 bridgehead atoms. The Hall–Kier alpha value is -3.49. The van der Waals surface area contributed by atoms with Gasteiger partial charge in [0.2, 0.25) is 0 Å². The third-order valence-electron chi connectivity index (χ3n) is 3.80. The number of rotatable bonds is 6. The lowest BCUT2D eigenvalue weighted by molar-refractivity contribution is 0.0557. The van der Waals surface area contributed by atoms with Gasteiger partial charge in [0.1, 0.15) is 17.3 Å². The maximum absolute atomic E-state index is 12.1. The molecule has 2 aromatic carbocycles. The minimum Gasteiger partial charge on any atom is -0.497 e. The van der Waals surface area contributed by atoms with Crippen molar-refractivity contribution in [2.75, 3.05) is 13.7 Å². The van der Waals surface area contributed by atoms with Crippen molar-refractivity contribution in [3.8, 4) is 29.4 Å². The van der Waals surface area contributed by atoms with E-state index in [-0.39, 0.29) is 17.2 Å². The second-order valence-electron chi connectivity index (χ2n) is 5.63. The quantitative estimate of drug-likeness (QED) is 0.330. The highest BCUT2D eigenvalue weighted by atomic mass is 35.5. The number of benzene rings is 2. The number of carbonyl (C=O) groups excluding carboxylic acids is 1. The van der Waals surface area contributed by atoms with Gasteiger partial charge in [0.15, 0.2) is 6.61 Å². The molecule has 0 aliphatic heterocycles. The number of furan rings is 1. The minimum atomic E-state index is -0.586. The van der Waals surface area contributed by atoms with E-state index in [1.54, 1.807) is 43.7 Å². The van der Waals surface area contributed by atoms with Gasteiger partial charge in [-0.25, -0.2) is 4.79 Å². The fraction of sp³-hybridized carbons (Fsp3) is 0.0909. The van der Waals surface area contributed by atoms with Crippen LogP contribution in [0, 0.1) is 12.3 Å². The lowest BCUT2D eigenvalue weighted by Crippen LogP contribution is -2.06. The van der Waals surface area contributed by atoms with E-state index in [2.05, 4.69) is 10.9 Å². The Morgan fingerprint density at radius 3 is 2.71 bits per heavy atom. The minimum absolute atomic E-state index is 0.119. The molecule has 5 nitrogen and oxygen atoms in total. The van der Waals surface area contributed by atoms with Crippen molar-refractivity contribution in [1.82, 2.24) is 0 Å².